The number of aryl methyl sites for hydroxylation is 1. The van der Waals surface area contributed by atoms with Crippen molar-refractivity contribution in [2.45, 2.75) is 32.2 Å². The average Bonchev–Trinajstić information content (AvgIpc) is 2.88. The molecule has 17 heavy (non-hydrogen) atoms. The number of hydrogen-bond acceptors (Lipinski definition) is 3. The third-order valence-corrected chi connectivity index (χ3v) is 4.26. The van der Waals surface area contributed by atoms with Gasteiger partial charge in [-0.25, -0.2) is 0 Å². The van der Waals surface area contributed by atoms with Crippen molar-refractivity contribution in [2.75, 3.05) is 20.1 Å². The van der Waals surface area contributed by atoms with Crippen molar-refractivity contribution < 1.29 is 4.79 Å². The second-order valence-corrected chi connectivity index (χ2v) is 6.00. The summed E-state index contributed by atoms with van der Waals surface area (Å²) in [5.41, 5.74) is 0. The highest BCUT2D eigenvalue weighted by Gasteiger charge is 2.27. The van der Waals surface area contributed by atoms with E-state index < -0.39 is 0 Å². The van der Waals surface area contributed by atoms with Crippen LogP contribution in [-0.4, -0.2) is 37.0 Å². The monoisotopic (exact) mass is 252 g/mol. The Kier molecular flexibility index (Phi) is 4.18. The summed E-state index contributed by atoms with van der Waals surface area (Å²) in [6, 6.07) is 4.55. The van der Waals surface area contributed by atoms with Crippen LogP contribution in [0, 0.1) is 6.92 Å². The fourth-order valence-corrected chi connectivity index (χ4v) is 3.32. The molecule has 0 aromatic carbocycles. The van der Waals surface area contributed by atoms with E-state index in [0.29, 0.717) is 12.5 Å². The Bertz CT molecular complexity index is 389. The minimum atomic E-state index is 0.282. The molecule has 1 fully saturated rings. The first-order chi connectivity index (χ1) is 8.20. The molecule has 4 heteroatoms. The van der Waals surface area contributed by atoms with Crippen LogP contribution < -0.4 is 5.32 Å². The second kappa shape index (κ2) is 5.65. The number of likely N-dealkylation sites (N-methyl/N-ethyl adjacent to an activating group) is 1. The number of thiophene rings is 1. The molecule has 1 aliphatic heterocycles. The van der Waals surface area contributed by atoms with Crippen molar-refractivity contribution in [1.29, 1.82) is 0 Å². The molecule has 1 N–H and O–H groups in total. The molecule has 0 bridgehead atoms. The summed E-state index contributed by atoms with van der Waals surface area (Å²) in [4.78, 5) is 16.7. The lowest BCUT2D eigenvalue weighted by Gasteiger charge is -2.24. The van der Waals surface area contributed by atoms with Gasteiger partial charge in [-0.05, 0) is 38.9 Å². The van der Waals surface area contributed by atoms with Gasteiger partial charge in [0, 0.05) is 28.9 Å². The van der Waals surface area contributed by atoms with Gasteiger partial charge in [-0.1, -0.05) is 0 Å². The van der Waals surface area contributed by atoms with Crippen LogP contribution in [0.1, 0.15) is 22.6 Å². The van der Waals surface area contributed by atoms with Crippen LogP contribution in [0.4, 0.5) is 0 Å². The normalized spacial score (nSPS) is 19.9. The summed E-state index contributed by atoms with van der Waals surface area (Å²) in [6.45, 7) is 3.92. The molecule has 0 saturated carbocycles. The molecular formula is C13H20N2OS. The largest absolute Gasteiger partial charge is 0.338 e. The van der Waals surface area contributed by atoms with Gasteiger partial charge in [0.2, 0.25) is 5.91 Å². The zero-order chi connectivity index (χ0) is 12.3. The number of nitrogens with zero attached hydrogens (tertiary/aromatic N) is 1. The topological polar surface area (TPSA) is 32.3 Å². The predicted molar refractivity (Wildman–Crippen MR) is 71.4 cm³/mol. The van der Waals surface area contributed by atoms with E-state index in [-0.39, 0.29) is 5.91 Å². The van der Waals surface area contributed by atoms with Crippen LogP contribution in [0.25, 0.3) is 0 Å². The van der Waals surface area contributed by atoms with Gasteiger partial charge in [0.15, 0.2) is 0 Å². The number of likely N-dealkylation sites (tertiary alicyclic amines) is 1. The number of rotatable bonds is 4. The first-order valence-corrected chi connectivity index (χ1v) is 7.01. The van der Waals surface area contributed by atoms with Gasteiger partial charge in [-0.3, -0.25) is 4.79 Å². The Morgan fingerprint density at radius 2 is 2.41 bits per heavy atom. The summed E-state index contributed by atoms with van der Waals surface area (Å²) < 4.78 is 0. The van der Waals surface area contributed by atoms with E-state index in [2.05, 4.69) is 24.4 Å². The van der Waals surface area contributed by atoms with Crippen LogP contribution in [0.2, 0.25) is 0 Å². The highest BCUT2D eigenvalue weighted by molar-refractivity contribution is 7.12. The highest BCUT2D eigenvalue weighted by Crippen LogP contribution is 2.21. The van der Waals surface area contributed by atoms with Crippen molar-refractivity contribution >= 4 is 17.2 Å². The van der Waals surface area contributed by atoms with Crippen LogP contribution in [0.15, 0.2) is 12.1 Å². The Morgan fingerprint density at radius 1 is 1.59 bits per heavy atom. The van der Waals surface area contributed by atoms with E-state index in [4.69, 9.17) is 0 Å². The fraction of sp³-hybridized carbons (Fsp3) is 0.615. The standard InChI is InChI=1S/C13H20N2OS/c1-10-5-6-12(17-10)8-13(16)15-7-3-4-11(15)9-14-2/h5-6,11,14H,3-4,7-9H2,1-2H3/t11-/m1/s1. The molecule has 0 spiro atoms. The molecule has 0 radical (unpaired) electrons. The molecule has 0 unspecified atom stereocenters. The summed E-state index contributed by atoms with van der Waals surface area (Å²) in [6.07, 6.45) is 2.84. The lowest BCUT2D eigenvalue weighted by molar-refractivity contribution is -0.131. The molecular weight excluding hydrogens is 232 g/mol. The molecule has 1 aromatic heterocycles. The van der Waals surface area contributed by atoms with Gasteiger partial charge < -0.3 is 10.2 Å². The van der Waals surface area contributed by atoms with Gasteiger partial charge in [0.1, 0.15) is 0 Å². The lowest BCUT2D eigenvalue weighted by atomic mass is 10.2. The number of amides is 1. The van der Waals surface area contributed by atoms with E-state index in [0.717, 1.165) is 25.9 Å². The number of nitrogens with one attached hydrogen (secondary N) is 1. The van der Waals surface area contributed by atoms with E-state index in [9.17, 15) is 4.79 Å². The maximum absolute atomic E-state index is 12.2. The van der Waals surface area contributed by atoms with E-state index in [1.54, 1.807) is 11.3 Å². The number of carbonyl (C=O) groups excluding carboxylic acids is 1. The molecule has 1 aliphatic rings. The molecule has 94 valence electrons. The third kappa shape index (κ3) is 3.07. The predicted octanol–water partition coefficient (Wildman–Crippen LogP) is 1.81. The van der Waals surface area contributed by atoms with Gasteiger partial charge in [0.05, 0.1) is 6.42 Å². The molecule has 3 nitrogen and oxygen atoms in total. The van der Waals surface area contributed by atoms with Crippen LogP contribution in [0.5, 0.6) is 0 Å². The minimum absolute atomic E-state index is 0.282. The summed E-state index contributed by atoms with van der Waals surface area (Å²) >= 11 is 1.73. The molecule has 1 atom stereocenters. The van der Waals surface area contributed by atoms with Crippen LogP contribution in [-0.2, 0) is 11.2 Å². The van der Waals surface area contributed by atoms with Crippen molar-refractivity contribution in [3.63, 3.8) is 0 Å². The highest BCUT2D eigenvalue weighted by atomic mass is 32.1. The lowest BCUT2D eigenvalue weighted by Crippen LogP contribution is -2.41. The Balaban J connectivity index is 1.95. The van der Waals surface area contributed by atoms with Crippen molar-refractivity contribution in [2.24, 2.45) is 0 Å². The molecule has 1 saturated heterocycles. The maximum atomic E-state index is 12.2. The molecule has 0 aliphatic carbocycles. The quantitative estimate of drug-likeness (QED) is 0.886. The Hall–Kier alpha value is -0.870. The second-order valence-electron chi connectivity index (χ2n) is 4.63. The van der Waals surface area contributed by atoms with Crippen molar-refractivity contribution in [1.82, 2.24) is 10.2 Å². The average molecular weight is 252 g/mol. The number of carbonyl (C=O) groups is 1. The van der Waals surface area contributed by atoms with E-state index >= 15 is 0 Å². The van der Waals surface area contributed by atoms with Gasteiger partial charge in [-0.15, -0.1) is 11.3 Å². The van der Waals surface area contributed by atoms with Crippen molar-refractivity contribution in [3.8, 4) is 0 Å². The summed E-state index contributed by atoms with van der Waals surface area (Å²) in [5, 5.41) is 3.17. The zero-order valence-corrected chi connectivity index (χ0v) is 11.3. The SMILES string of the molecule is CNC[C@H]1CCCN1C(=O)Cc1ccc(C)s1. The molecule has 2 heterocycles. The van der Waals surface area contributed by atoms with E-state index in [1.165, 1.54) is 9.75 Å². The Morgan fingerprint density at radius 3 is 3.06 bits per heavy atom. The minimum Gasteiger partial charge on any atom is -0.338 e. The zero-order valence-electron chi connectivity index (χ0n) is 10.5. The molecule has 1 amide bonds. The molecule has 1 aromatic rings. The third-order valence-electron chi connectivity index (χ3n) is 3.26. The van der Waals surface area contributed by atoms with Gasteiger partial charge in [-0.2, -0.15) is 0 Å². The first-order valence-electron chi connectivity index (χ1n) is 6.20. The molecule has 2 rings (SSSR count). The summed E-state index contributed by atoms with van der Waals surface area (Å²) in [5.74, 6) is 0.282. The van der Waals surface area contributed by atoms with E-state index in [1.807, 2.05) is 11.9 Å². The van der Waals surface area contributed by atoms with Crippen LogP contribution in [0.3, 0.4) is 0 Å². The van der Waals surface area contributed by atoms with Gasteiger partial charge >= 0.3 is 0 Å². The first kappa shape index (κ1) is 12.6. The number of hydrogen-bond donors (Lipinski definition) is 1. The Labute approximate surface area is 107 Å². The maximum Gasteiger partial charge on any atom is 0.228 e. The summed E-state index contributed by atoms with van der Waals surface area (Å²) in [7, 11) is 1.95. The van der Waals surface area contributed by atoms with Gasteiger partial charge in [0.25, 0.3) is 0 Å². The van der Waals surface area contributed by atoms with Crippen LogP contribution >= 0.6 is 11.3 Å². The van der Waals surface area contributed by atoms with Crippen molar-refractivity contribution in [3.05, 3.63) is 21.9 Å². The fourth-order valence-electron chi connectivity index (χ4n) is 2.44. The smallest absolute Gasteiger partial charge is 0.228 e.